The molecule has 0 aliphatic carbocycles. The zero-order chi connectivity index (χ0) is 50.8. The van der Waals surface area contributed by atoms with Crippen LogP contribution in [0.3, 0.4) is 0 Å². The highest BCUT2D eigenvalue weighted by molar-refractivity contribution is 5.76. The minimum atomic E-state index is -0.868. The van der Waals surface area contributed by atoms with Gasteiger partial charge in [-0.3, -0.25) is 19.3 Å². The molecule has 0 spiro atoms. The monoisotopic (exact) mass is 979 g/mol. The Labute approximate surface area is 426 Å². The quantitative estimate of drug-likeness (QED) is 0.0273. The van der Waals surface area contributed by atoms with Crippen molar-refractivity contribution in [2.24, 2.45) is 11.3 Å². The Morgan fingerprint density at radius 1 is 0.594 bits per heavy atom. The fourth-order valence-corrected chi connectivity index (χ4v) is 9.93. The molecule has 69 heavy (non-hydrogen) atoms. The average Bonchev–Trinajstić information content (AvgIpc) is 3.72. The molecule has 1 rings (SSSR count). The van der Waals surface area contributed by atoms with Crippen molar-refractivity contribution in [1.29, 1.82) is 0 Å². The highest BCUT2D eigenvalue weighted by Gasteiger charge is 2.39. The second kappa shape index (κ2) is 43.8. The van der Waals surface area contributed by atoms with Crippen molar-refractivity contribution in [3.8, 4) is 0 Å². The summed E-state index contributed by atoms with van der Waals surface area (Å²) in [5, 5.41) is 10.6. The molecule has 1 aliphatic rings. The van der Waals surface area contributed by atoms with E-state index in [-0.39, 0.29) is 36.2 Å². The van der Waals surface area contributed by atoms with Crippen LogP contribution in [0, 0.1) is 11.3 Å². The van der Waals surface area contributed by atoms with Gasteiger partial charge in [0.1, 0.15) is 12.1 Å². The molecule has 1 fully saturated rings. The number of carbonyl (C=O) groups is 3. The summed E-state index contributed by atoms with van der Waals surface area (Å²) in [4.78, 5) is 43.7. The summed E-state index contributed by atoms with van der Waals surface area (Å²) in [5.74, 6) is 0.446. The number of likely N-dealkylation sites (tertiary alicyclic amines) is 1. The van der Waals surface area contributed by atoms with E-state index in [1.54, 1.807) is 0 Å². The van der Waals surface area contributed by atoms with E-state index in [2.05, 4.69) is 32.6 Å². The SMILES string of the molecule is CCCCCCCCC(CCCCCCCC)OC(=O)C(C)(C)CCCCCCOC(=O)[C@@H]1C[C@@H](OC(O)CCN(C)C)CN1CCCCCCCC(=O)OCCCC(CCCCC)CCCCC. The van der Waals surface area contributed by atoms with Crippen LogP contribution in [0.4, 0.5) is 0 Å². The number of carbonyl (C=O) groups excluding carboxylic acids is 3. The molecule has 1 unspecified atom stereocenters. The van der Waals surface area contributed by atoms with E-state index < -0.39 is 11.7 Å². The number of aliphatic hydroxyl groups is 1. The highest BCUT2D eigenvalue weighted by Crippen LogP contribution is 2.29. The van der Waals surface area contributed by atoms with Gasteiger partial charge >= 0.3 is 17.9 Å². The predicted octanol–water partition coefficient (Wildman–Crippen LogP) is 15.1. The minimum Gasteiger partial charge on any atom is -0.466 e. The van der Waals surface area contributed by atoms with Gasteiger partial charge in [0, 0.05) is 32.4 Å². The largest absolute Gasteiger partial charge is 0.466 e. The number of rotatable bonds is 49. The first kappa shape index (κ1) is 65.3. The first-order valence-electron chi connectivity index (χ1n) is 29.6. The summed E-state index contributed by atoms with van der Waals surface area (Å²) in [6.45, 7) is 16.1. The molecule has 0 aromatic carbocycles. The van der Waals surface area contributed by atoms with Crippen LogP contribution in [0.15, 0.2) is 0 Å². The van der Waals surface area contributed by atoms with Crippen molar-refractivity contribution in [3.63, 3.8) is 0 Å². The third kappa shape index (κ3) is 35.9. The first-order valence-corrected chi connectivity index (χ1v) is 29.6. The fourth-order valence-electron chi connectivity index (χ4n) is 9.93. The zero-order valence-electron chi connectivity index (χ0n) is 46.8. The number of hydrogen-bond donors (Lipinski definition) is 1. The van der Waals surface area contributed by atoms with Gasteiger partial charge in [-0.2, -0.15) is 0 Å². The molecule has 1 heterocycles. The molecular formula is C59H114N2O8. The summed E-state index contributed by atoms with van der Waals surface area (Å²) < 4.78 is 23.8. The lowest BCUT2D eigenvalue weighted by Gasteiger charge is -2.27. The Bertz CT molecular complexity index is 1190. The number of hydrogen-bond acceptors (Lipinski definition) is 10. The number of esters is 3. The predicted molar refractivity (Wildman–Crippen MR) is 287 cm³/mol. The molecule has 0 amide bonds. The number of ether oxygens (including phenoxy) is 4. The van der Waals surface area contributed by atoms with Gasteiger partial charge in [-0.05, 0) is 105 Å². The van der Waals surface area contributed by atoms with Crippen LogP contribution in [0.1, 0.15) is 279 Å². The second-order valence-corrected chi connectivity index (χ2v) is 22.1. The molecule has 0 radical (unpaired) electrons. The minimum absolute atomic E-state index is 0.0289. The third-order valence-corrected chi connectivity index (χ3v) is 14.6. The van der Waals surface area contributed by atoms with E-state index in [4.69, 9.17) is 18.9 Å². The van der Waals surface area contributed by atoms with Crippen molar-refractivity contribution < 1.29 is 38.4 Å². The summed E-state index contributed by atoms with van der Waals surface area (Å²) in [5.41, 5.74) is -0.518. The first-order chi connectivity index (χ1) is 33.4. The van der Waals surface area contributed by atoms with Gasteiger partial charge in [0.15, 0.2) is 6.29 Å². The molecule has 1 aliphatic heterocycles. The van der Waals surface area contributed by atoms with Crippen LogP contribution in [-0.2, 0) is 33.3 Å². The van der Waals surface area contributed by atoms with E-state index in [0.717, 1.165) is 115 Å². The van der Waals surface area contributed by atoms with Gasteiger partial charge in [-0.1, -0.05) is 182 Å². The second-order valence-electron chi connectivity index (χ2n) is 22.1. The van der Waals surface area contributed by atoms with E-state index in [9.17, 15) is 19.5 Å². The molecule has 3 atom stereocenters. The maximum atomic E-state index is 13.5. The molecule has 408 valence electrons. The van der Waals surface area contributed by atoms with E-state index in [1.807, 2.05) is 32.8 Å². The molecule has 1 N–H and O–H groups in total. The Morgan fingerprint density at radius 3 is 1.70 bits per heavy atom. The maximum absolute atomic E-state index is 13.5. The Hall–Kier alpha value is -1.75. The van der Waals surface area contributed by atoms with Crippen molar-refractivity contribution >= 4 is 17.9 Å². The maximum Gasteiger partial charge on any atom is 0.323 e. The van der Waals surface area contributed by atoms with Crippen LogP contribution < -0.4 is 0 Å². The number of nitrogens with zero attached hydrogens (tertiary/aromatic N) is 2. The smallest absolute Gasteiger partial charge is 0.323 e. The topological polar surface area (TPSA) is 115 Å². The van der Waals surface area contributed by atoms with Crippen LogP contribution in [-0.4, -0.2) is 104 Å². The normalized spacial score (nSPS) is 16.0. The Balaban J connectivity index is 2.49. The van der Waals surface area contributed by atoms with Gasteiger partial charge in [-0.15, -0.1) is 0 Å². The van der Waals surface area contributed by atoms with E-state index >= 15 is 0 Å². The van der Waals surface area contributed by atoms with E-state index in [1.165, 1.54) is 122 Å². The van der Waals surface area contributed by atoms with Crippen LogP contribution in [0.5, 0.6) is 0 Å². The summed E-state index contributed by atoms with van der Waals surface area (Å²) in [7, 11) is 3.96. The van der Waals surface area contributed by atoms with Crippen molar-refractivity contribution in [1.82, 2.24) is 9.80 Å². The lowest BCUT2D eigenvalue weighted by molar-refractivity contribution is -0.161. The van der Waals surface area contributed by atoms with Crippen LogP contribution in [0.25, 0.3) is 0 Å². The number of unbranched alkanes of at least 4 members (excludes halogenated alkanes) is 21. The van der Waals surface area contributed by atoms with Crippen molar-refractivity contribution in [2.75, 3.05) is 46.9 Å². The summed E-state index contributed by atoms with van der Waals surface area (Å²) in [6.07, 6.45) is 39.2. The molecule has 0 saturated carbocycles. The molecule has 10 heteroatoms. The van der Waals surface area contributed by atoms with Gasteiger partial charge < -0.3 is 29.0 Å². The molecule has 0 bridgehead atoms. The number of aliphatic hydroxyl groups excluding tert-OH is 1. The molecular weight excluding hydrogens is 865 g/mol. The molecule has 0 aromatic heterocycles. The van der Waals surface area contributed by atoms with Gasteiger partial charge in [0.2, 0.25) is 0 Å². The lowest BCUT2D eigenvalue weighted by atomic mass is 9.86. The Kier molecular flexibility index (Phi) is 41.4. The summed E-state index contributed by atoms with van der Waals surface area (Å²) in [6, 6.07) is -0.383. The third-order valence-electron chi connectivity index (χ3n) is 14.6. The van der Waals surface area contributed by atoms with Gasteiger partial charge in [0.05, 0.1) is 24.7 Å². The van der Waals surface area contributed by atoms with Crippen LogP contribution in [0.2, 0.25) is 0 Å². The van der Waals surface area contributed by atoms with Crippen LogP contribution >= 0.6 is 0 Å². The van der Waals surface area contributed by atoms with Crippen molar-refractivity contribution in [2.45, 2.75) is 304 Å². The fraction of sp³-hybridized carbons (Fsp3) is 0.949. The van der Waals surface area contributed by atoms with Gasteiger partial charge in [-0.25, -0.2) is 0 Å². The van der Waals surface area contributed by atoms with Crippen molar-refractivity contribution in [3.05, 3.63) is 0 Å². The lowest BCUT2D eigenvalue weighted by Crippen LogP contribution is -2.38. The van der Waals surface area contributed by atoms with Gasteiger partial charge in [0.25, 0.3) is 0 Å². The highest BCUT2D eigenvalue weighted by atomic mass is 16.6. The molecule has 0 aromatic rings. The Morgan fingerprint density at radius 2 is 1.09 bits per heavy atom. The molecule has 10 nitrogen and oxygen atoms in total. The molecule has 1 saturated heterocycles. The summed E-state index contributed by atoms with van der Waals surface area (Å²) >= 11 is 0. The average molecular weight is 980 g/mol. The van der Waals surface area contributed by atoms with E-state index in [0.29, 0.717) is 39.0 Å². The zero-order valence-corrected chi connectivity index (χ0v) is 46.8. The standard InChI is InChI=1S/C59H114N2O8/c1-9-13-17-19-22-30-40-52(41-31-23-20-18-14-10-2)69-58(65)59(5,6)44-33-25-27-35-47-67-57(64)54-49-53(68-56(63)43-46-60(7)8)50-61(54)45-34-26-21-24-32-42-55(62)66-48-36-39-51(37-28-15-11-3)38-29-16-12-4/h51-54,56,63H,9-50H2,1-8H3/t53-,54+,56?/m1/s1.